The molecule has 1 aliphatic carbocycles. The molecule has 10 heteroatoms. The smallest absolute Gasteiger partial charge is 0.330 e. The number of rotatable bonds is 5. The lowest BCUT2D eigenvalue weighted by atomic mass is 9.84. The van der Waals surface area contributed by atoms with Crippen molar-refractivity contribution < 1.29 is 5.11 Å². The molecule has 1 saturated carbocycles. The van der Waals surface area contributed by atoms with Crippen LogP contribution in [0.2, 0.25) is 0 Å². The summed E-state index contributed by atoms with van der Waals surface area (Å²) in [5.41, 5.74) is 2.51. The van der Waals surface area contributed by atoms with Gasteiger partial charge in [-0.1, -0.05) is 0 Å². The van der Waals surface area contributed by atoms with Crippen LogP contribution in [-0.4, -0.2) is 45.4 Å². The lowest BCUT2D eigenvalue weighted by molar-refractivity contribution is 0.264. The molecule has 0 saturated heterocycles. The first kappa shape index (κ1) is 19.4. The molecule has 5 rings (SSSR count). The van der Waals surface area contributed by atoms with Gasteiger partial charge in [0.25, 0.3) is 0 Å². The number of hydrogen-bond donors (Lipinski definition) is 1. The molecule has 0 amide bonds. The van der Waals surface area contributed by atoms with Gasteiger partial charge in [-0.3, -0.25) is 14.1 Å². The third-order valence-electron chi connectivity index (χ3n) is 6.16. The van der Waals surface area contributed by atoms with Crippen molar-refractivity contribution in [3.63, 3.8) is 0 Å². The van der Waals surface area contributed by atoms with Gasteiger partial charge in [-0.05, 0) is 31.6 Å². The van der Waals surface area contributed by atoms with Gasteiger partial charge in [-0.2, -0.15) is 10.4 Å². The molecule has 158 valence electrons. The quantitative estimate of drug-likeness (QED) is 0.525. The Kier molecular flexibility index (Phi) is 4.95. The van der Waals surface area contributed by atoms with E-state index in [1.165, 1.54) is 4.57 Å². The zero-order chi connectivity index (χ0) is 21.4. The van der Waals surface area contributed by atoms with Crippen LogP contribution in [0.5, 0.6) is 0 Å². The van der Waals surface area contributed by atoms with Crippen molar-refractivity contribution in [2.45, 2.75) is 44.7 Å². The minimum atomic E-state index is -0.180. The summed E-state index contributed by atoms with van der Waals surface area (Å²) in [6.07, 6.45) is 12.5. The molecule has 31 heavy (non-hydrogen) atoms. The van der Waals surface area contributed by atoms with Crippen molar-refractivity contribution in [3.05, 3.63) is 41.5 Å². The van der Waals surface area contributed by atoms with E-state index in [9.17, 15) is 9.90 Å². The van der Waals surface area contributed by atoms with E-state index in [0.29, 0.717) is 29.3 Å². The predicted octanol–water partition coefficient (Wildman–Crippen LogP) is 1.94. The van der Waals surface area contributed by atoms with E-state index in [1.807, 2.05) is 0 Å². The third-order valence-corrected chi connectivity index (χ3v) is 6.16. The standard InChI is InChI=1S/C21H22N8O2/c22-6-5-14-1-3-15(4-2-14)29-20-18(27(9-10-30)21(29)31)13-24-19(26-20)16-11-25-28-8-7-23-12-17(16)28/h7-8,11-15,30H,1-5,9-10H2. The number of aliphatic hydroxyl groups excluding tert-OH is 1. The Morgan fingerprint density at radius 1 is 1.16 bits per heavy atom. The van der Waals surface area contributed by atoms with Gasteiger partial charge in [0.1, 0.15) is 5.52 Å². The summed E-state index contributed by atoms with van der Waals surface area (Å²) < 4.78 is 5.00. The summed E-state index contributed by atoms with van der Waals surface area (Å²) in [5, 5.41) is 22.8. The molecule has 1 fully saturated rings. The molecule has 1 N–H and O–H groups in total. The van der Waals surface area contributed by atoms with Crippen molar-refractivity contribution in [2.75, 3.05) is 6.61 Å². The average Bonchev–Trinajstić information content (AvgIpc) is 3.34. The van der Waals surface area contributed by atoms with Gasteiger partial charge in [-0.25, -0.2) is 19.3 Å². The Hall–Kier alpha value is -3.58. The first-order valence-electron chi connectivity index (χ1n) is 10.4. The van der Waals surface area contributed by atoms with E-state index < -0.39 is 0 Å². The van der Waals surface area contributed by atoms with Gasteiger partial charge in [-0.15, -0.1) is 0 Å². The molecule has 4 aromatic rings. The van der Waals surface area contributed by atoms with Crippen LogP contribution in [0.3, 0.4) is 0 Å². The number of hydrogen-bond acceptors (Lipinski definition) is 7. The number of aromatic nitrogens is 7. The van der Waals surface area contributed by atoms with E-state index in [2.05, 4.69) is 21.1 Å². The van der Waals surface area contributed by atoms with E-state index in [-0.39, 0.29) is 24.9 Å². The third kappa shape index (κ3) is 3.27. The van der Waals surface area contributed by atoms with E-state index in [0.717, 1.165) is 36.8 Å². The van der Waals surface area contributed by atoms with Crippen molar-refractivity contribution in [3.8, 4) is 17.5 Å². The second kappa shape index (κ2) is 7.92. The first-order valence-corrected chi connectivity index (χ1v) is 10.4. The fourth-order valence-corrected chi connectivity index (χ4v) is 4.58. The molecular weight excluding hydrogens is 396 g/mol. The van der Waals surface area contributed by atoms with Crippen molar-refractivity contribution in [1.29, 1.82) is 5.26 Å². The summed E-state index contributed by atoms with van der Waals surface area (Å²) in [5.74, 6) is 0.864. The van der Waals surface area contributed by atoms with Gasteiger partial charge < -0.3 is 5.11 Å². The second-order valence-electron chi connectivity index (χ2n) is 7.93. The highest BCUT2D eigenvalue weighted by molar-refractivity contribution is 5.79. The van der Waals surface area contributed by atoms with Gasteiger partial charge in [0.05, 0.1) is 48.9 Å². The molecule has 4 heterocycles. The number of nitriles is 1. The number of imidazole rings is 1. The minimum Gasteiger partial charge on any atom is -0.395 e. The molecule has 0 radical (unpaired) electrons. The predicted molar refractivity (Wildman–Crippen MR) is 112 cm³/mol. The Bertz CT molecular complexity index is 1340. The molecule has 0 aliphatic heterocycles. The van der Waals surface area contributed by atoms with E-state index in [1.54, 1.807) is 40.1 Å². The highest BCUT2D eigenvalue weighted by atomic mass is 16.3. The van der Waals surface area contributed by atoms with Crippen LogP contribution in [0.4, 0.5) is 0 Å². The number of fused-ring (bicyclic) bond motifs is 2. The van der Waals surface area contributed by atoms with Crippen LogP contribution in [0, 0.1) is 17.2 Å². The number of nitrogens with zero attached hydrogens (tertiary/aromatic N) is 8. The molecular formula is C21H22N8O2. The Morgan fingerprint density at radius 3 is 2.77 bits per heavy atom. The van der Waals surface area contributed by atoms with Crippen LogP contribution < -0.4 is 5.69 Å². The molecule has 1 aliphatic rings. The van der Waals surface area contributed by atoms with Gasteiger partial charge in [0.15, 0.2) is 11.5 Å². The molecule has 10 nitrogen and oxygen atoms in total. The summed E-state index contributed by atoms with van der Waals surface area (Å²) >= 11 is 0. The fraction of sp³-hybridized carbons (Fsp3) is 0.429. The summed E-state index contributed by atoms with van der Waals surface area (Å²) in [6, 6.07) is 2.27. The highest BCUT2D eigenvalue weighted by Gasteiger charge is 2.27. The van der Waals surface area contributed by atoms with Crippen LogP contribution in [0.15, 0.2) is 35.8 Å². The van der Waals surface area contributed by atoms with E-state index in [4.69, 9.17) is 10.2 Å². The minimum absolute atomic E-state index is 0.0122. The first-order chi connectivity index (χ1) is 15.2. The molecule has 4 aromatic heterocycles. The monoisotopic (exact) mass is 418 g/mol. The SMILES string of the molecule is N#CCC1CCC(n2c(=O)n(CCO)c3cnc(-c4cnn5ccncc45)nc32)CC1. The van der Waals surface area contributed by atoms with Crippen LogP contribution >= 0.6 is 0 Å². The maximum absolute atomic E-state index is 13.3. The summed E-state index contributed by atoms with van der Waals surface area (Å²) in [6.45, 7) is 0.0465. The van der Waals surface area contributed by atoms with Crippen LogP contribution in [0.1, 0.15) is 38.1 Å². The summed E-state index contributed by atoms with van der Waals surface area (Å²) in [4.78, 5) is 26.7. The molecule has 0 atom stereocenters. The Balaban J connectivity index is 1.62. The van der Waals surface area contributed by atoms with Gasteiger partial charge in [0.2, 0.25) is 0 Å². The lowest BCUT2D eigenvalue weighted by Crippen LogP contribution is -2.30. The van der Waals surface area contributed by atoms with Crippen molar-refractivity contribution in [2.24, 2.45) is 5.92 Å². The molecule has 0 bridgehead atoms. The summed E-state index contributed by atoms with van der Waals surface area (Å²) in [7, 11) is 0. The fourth-order valence-electron chi connectivity index (χ4n) is 4.58. The molecule has 0 spiro atoms. The van der Waals surface area contributed by atoms with E-state index >= 15 is 0 Å². The molecule has 0 aromatic carbocycles. The van der Waals surface area contributed by atoms with Gasteiger partial charge in [0, 0.05) is 24.9 Å². The number of aliphatic hydroxyl groups is 1. The van der Waals surface area contributed by atoms with Crippen LogP contribution in [0.25, 0.3) is 28.1 Å². The maximum Gasteiger partial charge on any atom is 0.330 e. The van der Waals surface area contributed by atoms with Gasteiger partial charge >= 0.3 is 5.69 Å². The largest absolute Gasteiger partial charge is 0.395 e. The Morgan fingerprint density at radius 2 is 2.00 bits per heavy atom. The van der Waals surface area contributed by atoms with Crippen molar-refractivity contribution in [1.82, 2.24) is 33.7 Å². The zero-order valence-corrected chi connectivity index (χ0v) is 16.9. The maximum atomic E-state index is 13.3. The zero-order valence-electron chi connectivity index (χ0n) is 16.9. The Labute approximate surface area is 177 Å². The highest BCUT2D eigenvalue weighted by Crippen LogP contribution is 2.34. The van der Waals surface area contributed by atoms with Crippen molar-refractivity contribution >= 4 is 16.7 Å². The second-order valence-corrected chi connectivity index (χ2v) is 7.93. The lowest BCUT2D eigenvalue weighted by Gasteiger charge is -2.27. The average molecular weight is 418 g/mol. The molecule has 0 unspecified atom stereocenters. The van der Waals surface area contributed by atoms with Crippen LogP contribution in [-0.2, 0) is 6.54 Å². The normalized spacial score (nSPS) is 19.1. The topological polar surface area (TPSA) is 127 Å².